The second-order valence-corrected chi connectivity index (χ2v) is 9.04. The summed E-state index contributed by atoms with van der Waals surface area (Å²) in [6.07, 6.45) is -1.44. The number of nitrogens with one attached hydrogen (secondary N) is 1. The van der Waals surface area contributed by atoms with Crippen molar-refractivity contribution in [3.63, 3.8) is 0 Å². The van der Waals surface area contributed by atoms with Gasteiger partial charge >= 0.3 is 6.18 Å². The summed E-state index contributed by atoms with van der Waals surface area (Å²) in [4.78, 5) is 28.2. The first-order chi connectivity index (χ1) is 18.3. The topological polar surface area (TPSA) is 102 Å². The molecular formula is C27H23ClF3N7O. The molecule has 3 N–H and O–H groups in total. The molecule has 5 aromatic rings. The maximum atomic E-state index is 14.3. The molecule has 8 nitrogen and oxygen atoms in total. The summed E-state index contributed by atoms with van der Waals surface area (Å²) in [7, 11) is 0. The van der Waals surface area contributed by atoms with Crippen LogP contribution in [0.3, 0.4) is 0 Å². The van der Waals surface area contributed by atoms with Gasteiger partial charge in [0.2, 0.25) is 0 Å². The van der Waals surface area contributed by atoms with Crippen LogP contribution in [0.4, 0.5) is 24.7 Å². The van der Waals surface area contributed by atoms with Crippen molar-refractivity contribution in [3.05, 3.63) is 82.9 Å². The van der Waals surface area contributed by atoms with Crippen LogP contribution in [0.1, 0.15) is 5.56 Å². The van der Waals surface area contributed by atoms with Crippen molar-refractivity contribution in [3.8, 4) is 16.9 Å². The SMILES string of the molecule is Cl.Nc1ccc(-c2ccc3ncc4ccc(=O)n(-c5ccc(N6CCNCC6)c(C(F)(F)F)c5)c4c3n2)cn1. The number of piperazine rings is 1. The monoisotopic (exact) mass is 553 g/mol. The van der Waals surface area contributed by atoms with Gasteiger partial charge in [-0.25, -0.2) is 9.97 Å². The molecule has 1 aliphatic heterocycles. The van der Waals surface area contributed by atoms with Crippen LogP contribution >= 0.6 is 12.4 Å². The van der Waals surface area contributed by atoms with E-state index in [1.54, 1.807) is 53.7 Å². The maximum Gasteiger partial charge on any atom is 0.418 e. The van der Waals surface area contributed by atoms with E-state index in [2.05, 4.69) is 15.3 Å². The first kappa shape index (κ1) is 26.4. The summed E-state index contributed by atoms with van der Waals surface area (Å²) in [5.41, 5.74) is 7.14. The number of halogens is 4. The summed E-state index contributed by atoms with van der Waals surface area (Å²) >= 11 is 0. The summed E-state index contributed by atoms with van der Waals surface area (Å²) < 4.78 is 44.1. The highest BCUT2D eigenvalue weighted by Gasteiger charge is 2.36. The molecule has 1 fully saturated rings. The minimum atomic E-state index is -4.61. The quantitative estimate of drug-likeness (QED) is 0.319. The van der Waals surface area contributed by atoms with Gasteiger partial charge in [0.15, 0.2) is 0 Å². The second-order valence-electron chi connectivity index (χ2n) is 9.04. The van der Waals surface area contributed by atoms with Crippen LogP contribution in [0, 0.1) is 0 Å². The van der Waals surface area contributed by atoms with Crippen LogP contribution in [0.25, 0.3) is 38.9 Å². The van der Waals surface area contributed by atoms with E-state index >= 15 is 0 Å². The van der Waals surface area contributed by atoms with Gasteiger partial charge < -0.3 is 16.0 Å². The summed E-state index contributed by atoms with van der Waals surface area (Å²) in [5, 5.41) is 3.72. The lowest BCUT2D eigenvalue weighted by molar-refractivity contribution is -0.137. The summed E-state index contributed by atoms with van der Waals surface area (Å²) in [6.45, 7) is 2.11. The third-order valence-electron chi connectivity index (χ3n) is 6.65. The Morgan fingerprint density at radius 1 is 0.923 bits per heavy atom. The molecule has 0 atom stereocenters. The van der Waals surface area contributed by atoms with Gasteiger partial charge in [0.1, 0.15) is 11.3 Å². The van der Waals surface area contributed by atoms with Gasteiger partial charge in [0.05, 0.1) is 28.0 Å². The molecule has 0 unspecified atom stereocenters. The van der Waals surface area contributed by atoms with Crippen LogP contribution < -0.4 is 21.5 Å². The number of nitrogens with two attached hydrogens (primary N) is 1. The van der Waals surface area contributed by atoms with Gasteiger partial charge in [-0.15, -0.1) is 12.4 Å². The fourth-order valence-corrected chi connectivity index (χ4v) is 4.82. The predicted molar refractivity (Wildman–Crippen MR) is 148 cm³/mol. The van der Waals surface area contributed by atoms with Crippen LogP contribution in [0.15, 0.2) is 71.8 Å². The van der Waals surface area contributed by atoms with Gasteiger partial charge in [-0.05, 0) is 48.5 Å². The maximum absolute atomic E-state index is 14.3. The fourth-order valence-electron chi connectivity index (χ4n) is 4.82. The Kier molecular flexibility index (Phi) is 6.87. The molecule has 4 aromatic heterocycles. The molecule has 39 heavy (non-hydrogen) atoms. The number of rotatable bonds is 3. The first-order valence-electron chi connectivity index (χ1n) is 12.0. The Balaban J connectivity index is 0.00000308. The van der Waals surface area contributed by atoms with Gasteiger partial charge in [-0.2, -0.15) is 13.2 Å². The molecule has 12 heteroatoms. The summed E-state index contributed by atoms with van der Waals surface area (Å²) in [5.74, 6) is 0.361. The second kappa shape index (κ2) is 10.2. The Morgan fingerprint density at radius 3 is 2.44 bits per heavy atom. The molecular weight excluding hydrogens is 531 g/mol. The van der Waals surface area contributed by atoms with Crippen LogP contribution in [0.2, 0.25) is 0 Å². The minimum Gasteiger partial charge on any atom is -0.384 e. The number of hydrogen-bond acceptors (Lipinski definition) is 7. The van der Waals surface area contributed by atoms with E-state index in [0.29, 0.717) is 65.2 Å². The number of fused-ring (bicyclic) bond motifs is 3. The zero-order valence-electron chi connectivity index (χ0n) is 20.4. The van der Waals surface area contributed by atoms with Crippen LogP contribution in [-0.2, 0) is 6.18 Å². The van der Waals surface area contributed by atoms with Crippen molar-refractivity contribution in [2.24, 2.45) is 0 Å². The number of benzene rings is 1. The van der Waals surface area contributed by atoms with Crippen LogP contribution in [-0.4, -0.2) is 45.7 Å². The standard InChI is InChI=1S/C27H22F3N7O.ClH/c28-27(29,30)19-13-18(3-6-22(19)36-11-9-32-10-12-36)37-24(38)8-2-17-15-33-21-5-4-20(35-25(21)26(17)37)16-1-7-23(31)34-14-16;/h1-8,13-15,32H,9-12H2,(H2,31,34);1H. The third-order valence-corrected chi connectivity index (χ3v) is 6.65. The number of aromatic nitrogens is 4. The average Bonchev–Trinajstić information content (AvgIpc) is 2.93. The zero-order chi connectivity index (χ0) is 26.4. The Hall–Kier alpha value is -4.22. The van der Waals surface area contributed by atoms with Crippen molar-refractivity contribution in [2.75, 3.05) is 36.8 Å². The molecule has 0 spiro atoms. The van der Waals surface area contributed by atoms with Gasteiger partial charge in [-0.3, -0.25) is 14.3 Å². The minimum absolute atomic E-state index is 0. The lowest BCUT2D eigenvalue weighted by atomic mass is 10.1. The molecule has 0 radical (unpaired) electrons. The van der Waals surface area contributed by atoms with E-state index in [1.165, 1.54) is 16.7 Å². The molecule has 1 aromatic carbocycles. The molecule has 1 saturated heterocycles. The average molecular weight is 554 g/mol. The third kappa shape index (κ3) is 4.86. The molecule has 0 bridgehead atoms. The van der Waals surface area contributed by atoms with Crippen molar-refractivity contribution in [1.29, 1.82) is 0 Å². The predicted octanol–water partition coefficient (Wildman–Crippen LogP) is 4.43. The molecule has 6 rings (SSSR count). The zero-order valence-corrected chi connectivity index (χ0v) is 21.3. The summed E-state index contributed by atoms with van der Waals surface area (Å²) in [6, 6.07) is 13.9. The number of anilines is 2. The van der Waals surface area contributed by atoms with E-state index < -0.39 is 17.3 Å². The first-order valence-corrected chi connectivity index (χ1v) is 12.0. The Morgan fingerprint density at radius 2 is 1.72 bits per heavy atom. The van der Waals surface area contributed by atoms with Crippen LogP contribution in [0.5, 0.6) is 0 Å². The number of nitrogen functional groups attached to an aromatic ring is 1. The smallest absolute Gasteiger partial charge is 0.384 e. The van der Waals surface area contributed by atoms with Crippen molar-refractivity contribution in [2.45, 2.75) is 6.18 Å². The molecule has 0 saturated carbocycles. The highest BCUT2D eigenvalue weighted by Crippen LogP contribution is 2.38. The Bertz CT molecular complexity index is 1730. The number of nitrogens with zero attached hydrogens (tertiary/aromatic N) is 5. The van der Waals surface area contributed by atoms with E-state index in [9.17, 15) is 18.0 Å². The van der Waals surface area contributed by atoms with E-state index in [1.807, 2.05) is 0 Å². The van der Waals surface area contributed by atoms with Crippen molar-refractivity contribution in [1.82, 2.24) is 24.8 Å². The Labute approximate surface area is 226 Å². The van der Waals surface area contributed by atoms with E-state index in [0.717, 1.165) is 6.07 Å². The number of alkyl halides is 3. The molecule has 5 heterocycles. The molecule has 200 valence electrons. The normalized spacial score (nSPS) is 14.0. The molecule has 0 amide bonds. The van der Waals surface area contributed by atoms with Gasteiger partial charge in [0.25, 0.3) is 5.56 Å². The highest BCUT2D eigenvalue weighted by molar-refractivity contribution is 6.02. The lowest BCUT2D eigenvalue weighted by Gasteiger charge is -2.31. The van der Waals surface area contributed by atoms with Crippen molar-refractivity contribution < 1.29 is 13.2 Å². The highest BCUT2D eigenvalue weighted by atomic mass is 35.5. The lowest BCUT2D eigenvalue weighted by Crippen LogP contribution is -2.44. The van der Waals surface area contributed by atoms with E-state index in [-0.39, 0.29) is 23.8 Å². The van der Waals surface area contributed by atoms with Gasteiger partial charge in [-0.1, -0.05) is 0 Å². The molecule has 0 aliphatic carbocycles. The molecule has 1 aliphatic rings. The van der Waals surface area contributed by atoms with E-state index in [4.69, 9.17) is 10.7 Å². The van der Waals surface area contributed by atoms with Gasteiger partial charge in [0, 0.05) is 61.3 Å². The van der Waals surface area contributed by atoms with Crippen molar-refractivity contribution >= 4 is 45.8 Å². The largest absolute Gasteiger partial charge is 0.418 e. The number of hydrogen-bond donors (Lipinski definition) is 2. The number of pyridine rings is 4. The fraction of sp³-hybridized carbons (Fsp3) is 0.185.